The highest BCUT2D eigenvalue weighted by Gasteiger charge is 2.48. The fourth-order valence-electron chi connectivity index (χ4n) is 3.19. The monoisotopic (exact) mass is 238 g/mol. The van der Waals surface area contributed by atoms with E-state index >= 15 is 0 Å². The van der Waals surface area contributed by atoms with E-state index in [0.717, 1.165) is 18.5 Å². The van der Waals surface area contributed by atoms with Crippen LogP contribution < -0.4 is 5.32 Å². The van der Waals surface area contributed by atoms with E-state index < -0.39 is 0 Å². The minimum absolute atomic E-state index is 0.00546. The lowest BCUT2D eigenvalue weighted by molar-refractivity contribution is 0.0618. The average Bonchev–Trinajstić information content (AvgIpc) is 3.07. The number of rotatable bonds is 7. The summed E-state index contributed by atoms with van der Waals surface area (Å²) in [5.41, 5.74) is 0.00546. The molecule has 3 aliphatic carbocycles. The number of likely N-dealkylation sites (N-methyl/N-ethyl adjacent to an activating group) is 1. The molecule has 0 saturated heterocycles. The van der Waals surface area contributed by atoms with Gasteiger partial charge < -0.3 is 15.3 Å². The summed E-state index contributed by atoms with van der Waals surface area (Å²) >= 11 is 0. The first-order valence-electron chi connectivity index (χ1n) is 7.32. The molecule has 3 rings (SSSR count). The zero-order chi connectivity index (χ0) is 11.9. The molecular weight excluding hydrogens is 212 g/mol. The smallest absolute Gasteiger partial charge is 0.0628 e. The lowest BCUT2D eigenvalue weighted by atomic mass is 9.88. The summed E-state index contributed by atoms with van der Waals surface area (Å²) in [6.45, 7) is 1.35. The minimum Gasteiger partial charge on any atom is -0.394 e. The maximum Gasteiger partial charge on any atom is 0.0628 e. The lowest BCUT2D eigenvalue weighted by Crippen LogP contribution is -2.60. The first-order valence-corrected chi connectivity index (χ1v) is 7.32. The van der Waals surface area contributed by atoms with Crippen LogP contribution in [0.3, 0.4) is 0 Å². The number of aliphatic hydroxyl groups excluding tert-OH is 1. The van der Waals surface area contributed by atoms with Crippen LogP contribution in [0.5, 0.6) is 0 Å². The van der Waals surface area contributed by atoms with Gasteiger partial charge in [-0.25, -0.2) is 0 Å². The zero-order valence-corrected chi connectivity index (χ0v) is 11.0. The van der Waals surface area contributed by atoms with E-state index in [1.165, 1.54) is 44.9 Å². The van der Waals surface area contributed by atoms with Crippen molar-refractivity contribution in [3.63, 3.8) is 0 Å². The first kappa shape index (κ1) is 11.9. The second-order valence-corrected chi connectivity index (χ2v) is 6.51. The third-order valence-electron chi connectivity index (χ3n) is 4.94. The minimum atomic E-state index is 0.00546. The third-order valence-corrected chi connectivity index (χ3v) is 4.94. The summed E-state index contributed by atoms with van der Waals surface area (Å²) < 4.78 is 0. The molecule has 1 unspecified atom stereocenters. The van der Waals surface area contributed by atoms with Crippen LogP contribution in [0.25, 0.3) is 0 Å². The molecule has 3 aliphatic rings. The molecule has 0 heterocycles. The molecule has 0 bridgehead atoms. The van der Waals surface area contributed by atoms with Crippen molar-refractivity contribution in [2.45, 2.75) is 62.6 Å². The van der Waals surface area contributed by atoms with E-state index in [4.69, 9.17) is 0 Å². The summed E-state index contributed by atoms with van der Waals surface area (Å²) in [6, 6.07) is 1.47. The molecule has 17 heavy (non-hydrogen) atoms. The molecule has 98 valence electrons. The van der Waals surface area contributed by atoms with Crippen molar-refractivity contribution in [2.75, 3.05) is 20.2 Å². The number of nitrogens with one attached hydrogen (secondary N) is 1. The molecule has 0 amide bonds. The van der Waals surface area contributed by atoms with E-state index in [0.29, 0.717) is 12.6 Å². The highest BCUT2D eigenvalue weighted by Crippen LogP contribution is 2.42. The van der Waals surface area contributed by atoms with Crippen LogP contribution in [-0.4, -0.2) is 47.8 Å². The predicted molar refractivity (Wildman–Crippen MR) is 69.0 cm³/mol. The van der Waals surface area contributed by atoms with Gasteiger partial charge in [0.05, 0.1) is 12.1 Å². The molecule has 0 aliphatic heterocycles. The van der Waals surface area contributed by atoms with Crippen molar-refractivity contribution >= 4 is 0 Å². The van der Waals surface area contributed by atoms with Gasteiger partial charge in [0.25, 0.3) is 0 Å². The van der Waals surface area contributed by atoms with Crippen LogP contribution in [0.1, 0.15) is 44.9 Å². The van der Waals surface area contributed by atoms with E-state index in [1.807, 2.05) is 0 Å². The third kappa shape index (κ3) is 2.51. The van der Waals surface area contributed by atoms with Gasteiger partial charge in [-0.2, -0.15) is 0 Å². The predicted octanol–water partition coefficient (Wildman–Crippen LogP) is 1.36. The molecule has 0 radical (unpaired) electrons. The van der Waals surface area contributed by atoms with Crippen LogP contribution in [-0.2, 0) is 0 Å². The van der Waals surface area contributed by atoms with Gasteiger partial charge in [0.2, 0.25) is 0 Å². The Kier molecular flexibility index (Phi) is 3.18. The summed E-state index contributed by atoms with van der Waals surface area (Å²) in [5.74, 6) is 0.718. The SMILES string of the molecule is CN(CC(CO)(NC1CC1)C1CC1)C1CCC1. The number of nitrogens with zero attached hydrogens (tertiary/aromatic N) is 1. The van der Waals surface area contributed by atoms with Gasteiger partial charge in [0, 0.05) is 18.6 Å². The Morgan fingerprint density at radius 3 is 2.29 bits per heavy atom. The van der Waals surface area contributed by atoms with Gasteiger partial charge in [-0.3, -0.25) is 0 Å². The van der Waals surface area contributed by atoms with Gasteiger partial charge in [-0.15, -0.1) is 0 Å². The summed E-state index contributed by atoms with van der Waals surface area (Å²) in [6.07, 6.45) is 9.32. The van der Waals surface area contributed by atoms with Gasteiger partial charge >= 0.3 is 0 Å². The Bertz CT molecular complexity index is 271. The molecule has 3 fully saturated rings. The number of hydrogen-bond acceptors (Lipinski definition) is 3. The molecule has 0 aromatic rings. The molecule has 0 spiro atoms. The van der Waals surface area contributed by atoms with Crippen LogP contribution in [0.2, 0.25) is 0 Å². The Hall–Kier alpha value is -0.120. The zero-order valence-electron chi connectivity index (χ0n) is 11.0. The van der Waals surface area contributed by atoms with Crippen molar-refractivity contribution in [3.05, 3.63) is 0 Å². The topological polar surface area (TPSA) is 35.5 Å². The molecule has 3 saturated carbocycles. The van der Waals surface area contributed by atoms with Crippen LogP contribution in [0.15, 0.2) is 0 Å². The fourth-order valence-corrected chi connectivity index (χ4v) is 3.19. The Balaban J connectivity index is 1.63. The molecule has 0 aromatic carbocycles. The summed E-state index contributed by atoms with van der Waals surface area (Å²) in [4.78, 5) is 2.49. The average molecular weight is 238 g/mol. The number of hydrogen-bond donors (Lipinski definition) is 2. The van der Waals surface area contributed by atoms with Crippen molar-refractivity contribution in [3.8, 4) is 0 Å². The van der Waals surface area contributed by atoms with Gasteiger partial charge in [-0.05, 0) is 51.5 Å². The second-order valence-electron chi connectivity index (χ2n) is 6.51. The largest absolute Gasteiger partial charge is 0.394 e. The standard InChI is InChI=1S/C14H26N2O/c1-16(13-3-2-4-13)9-14(10-17,11-5-6-11)15-12-7-8-12/h11-13,15,17H,2-10H2,1H3. The van der Waals surface area contributed by atoms with E-state index in [-0.39, 0.29) is 5.54 Å². The maximum atomic E-state index is 9.90. The summed E-state index contributed by atoms with van der Waals surface area (Å²) in [5, 5.41) is 13.7. The molecule has 3 nitrogen and oxygen atoms in total. The van der Waals surface area contributed by atoms with Crippen LogP contribution in [0, 0.1) is 5.92 Å². The first-order chi connectivity index (χ1) is 8.23. The van der Waals surface area contributed by atoms with Crippen molar-refractivity contribution < 1.29 is 5.11 Å². The van der Waals surface area contributed by atoms with Crippen molar-refractivity contribution in [1.82, 2.24) is 10.2 Å². The Morgan fingerprint density at radius 1 is 1.18 bits per heavy atom. The van der Waals surface area contributed by atoms with Gasteiger partial charge in [0.15, 0.2) is 0 Å². The van der Waals surface area contributed by atoms with Crippen molar-refractivity contribution in [1.29, 1.82) is 0 Å². The second kappa shape index (κ2) is 4.52. The van der Waals surface area contributed by atoms with E-state index in [2.05, 4.69) is 17.3 Å². The van der Waals surface area contributed by atoms with Crippen LogP contribution >= 0.6 is 0 Å². The number of aliphatic hydroxyl groups is 1. The molecule has 2 N–H and O–H groups in total. The van der Waals surface area contributed by atoms with E-state index in [9.17, 15) is 5.11 Å². The summed E-state index contributed by atoms with van der Waals surface area (Å²) in [7, 11) is 2.24. The lowest BCUT2D eigenvalue weighted by Gasteiger charge is -2.43. The molecule has 1 atom stereocenters. The normalized spacial score (nSPS) is 29.1. The molecule has 3 heteroatoms. The van der Waals surface area contributed by atoms with Crippen molar-refractivity contribution in [2.24, 2.45) is 5.92 Å². The fraction of sp³-hybridized carbons (Fsp3) is 1.00. The Labute approximate surface area is 105 Å². The van der Waals surface area contributed by atoms with Gasteiger partial charge in [-0.1, -0.05) is 6.42 Å². The molecule has 0 aromatic heterocycles. The maximum absolute atomic E-state index is 9.90. The van der Waals surface area contributed by atoms with Crippen LogP contribution in [0.4, 0.5) is 0 Å². The van der Waals surface area contributed by atoms with Gasteiger partial charge in [0.1, 0.15) is 0 Å². The highest BCUT2D eigenvalue weighted by molar-refractivity contribution is 5.06. The Morgan fingerprint density at radius 2 is 1.88 bits per heavy atom. The van der Waals surface area contributed by atoms with E-state index in [1.54, 1.807) is 0 Å². The quantitative estimate of drug-likeness (QED) is 0.703. The highest BCUT2D eigenvalue weighted by atomic mass is 16.3. The molecular formula is C14H26N2O.